The average Bonchev–Trinajstić information content (AvgIpc) is 2.74. The van der Waals surface area contributed by atoms with Crippen LogP contribution in [0.1, 0.15) is 32.1 Å². The van der Waals surface area contributed by atoms with Crippen LogP contribution >= 0.6 is 23.2 Å². The van der Waals surface area contributed by atoms with Crippen LogP contribution in [0.3, 0.4) is 0 Å². The van der Waals surface area contributed by atoms with Crippen molar-refractivity contribution < 1.29 is 13.2 Å². The lowest BCUT2D eigenvalue weighted by molar-refractivity contribution is -0.119. The summed E-state index contributed by atoms with van der Waals surface area (Å²) < 4.78 is 27.4. The average molecular weight is 454 g/mol. The number of hydrogen-bond acceptors (Lipinski definition) is 4. The van der Waals surface area contributed by atoms with Gasteiger partial charge >= 0.3 is 0 Å². The van der Waals surface area contributed by atoms with E-state index in [4.69, 9.17) is 23.2 Å². The first kappa shape index (κ1) is 21.6. The molecule has 0 aliphatic heterocycles. The van der Waals surface area contributed by atoms with Gasteiger partial charge in [-0.2, -0.15) is 5.10 Å². The van der Waals surface area contributed by atoms with Gasteiger partial charge < -0.3 is 0 Å². The fraction of sp³-hybridized carbons (Fsp3) is 0.300. The molecule has 0 spiro atoms. The zero-order valence-electron chi connectivity index (χ0n) is 15.6. The van der Waals surface area contributed by atoms with E-state index in [2.05, 4.69) is 10.5 Å². The SMILES string of the molecule is O=C(CN(c1cccc(Cl)c1Cl)S(=O)(=O)c1ccccc1)NN=C1CCCCC1. The molecule has 29 heavy (non-hydrogen) atoms. The number of nitrogens with one attached hydrogen (secondary N) is 1. The largest absolute Gasteiger partial charge is 0.271 e. The Balaban J connectivity index is 1.91. The van der Waals surface area contributed by atoms with E-state index in [9.17, 15) is 13.2 Å². The Morgan fingerprint density at radius 2 is 1.69 bits per heavy atom. The van der Waals surface area contributed by atoms with Gasteiger partial charge in [-0.15, -0.1) is 0 Å². The lowest BCUT2D eigenvalue weighted by Crippen LogP contribution is -2.40. The predicted octanol–water partition coefficient (Wildman–Crippen LogP) is 4.63. The second-order valence-corrected chi connectivity index (χ2v) is 9.32. The van der Waals surface area contributed by atoms with Crippen LogP contribution in [0.5, 0.6) is 0 Å². The number of carbonyl (C=O) groups is 1. The van der Waals surface area contributed by atoms with Gasteiger partial charge in [0.05, 0.1) is 20.6 Å². The summed E-state index contributed by atoms with van der Waals surface area (Å²) in [5.74, 6) is -0.557. The second-order valence-electron chi connectivity index (χ2n) is 6.67. The first-order valence-electron chi connectivity index (χ1n) is 9.25. The second kappa shape index (κ2) is 9.61. The van der Waals surface area contributed by atoms with Crippen LogP contribution in [0.25, 0.3) is 0 Å². The van der Waals surface area contributed by atoms with Crippen LogP contribution in [-0.2, 0) is 14.8 Å². The van der Waals surface area contributed by atoms with Crippen molar-refractivity contribution in [1.29, 1.82) is 0 Å². The van der Waals surface area contributed by atoms with Gasteiger partial charge in [-0.05, 0) is 49.9 Å². The van der Waals surface area contributed by atoms with Crippen molar-refractivity contribution in [2.24, 2.45) is 5.10 Å². The first-order valence-corrected chi connectivity index (χ1v) is 11.5. The molecule has 6 nitrogen and oxygen atoms in total. The number of rotatable bonds is 6. The van der Waals surface area contributed by atoms with E-state index < -0.39 is 22.5 Å². The van der Waals surface area contributed by atoms with E-state index >= 15 is 0 Å². The number of carbonyl (C=O) groups excluding carboxylic acids is 1. The fourth-order valence-corrected chi connectivity index (χ4v) is 4.98. The molecule has 2 aromatic carbocycles. The Labute approximate surface area is 180 Å². The van der Waals surface area contributed by atoms with E-state index in [1.807, 2.05) is 0 Å². The number of hydrogen-bond donors (Lipinski definition) is 1. The Hall–Kier alpha value is -2.09. The highest BCUT2D eigenvalue weighted by atomic mass is 35.5. The van der Waals surface area contributed by atoms with Crippen LogP contribution in [0.2, 0.25) is 10.0 Å². The molecule has 1 fully saturated rings. The van der Waals surface area contributed by atoms with Crippen molar-refractivity contribution in [1.82, 2.24) is 5.43 Å². The molecule has 9 heteroatoms. The molecule has 3 rings (SSSR count). The fourth-order valence-electron chi connectivity index (χ4n) is 3.08. The van der Waals surface area contributed by atoms with Gasteiger partial charge in [0.2, 0.25) is 0 Å². The maximum Gasteiger partial charge on any atom is 0.264 e. The van der Waals surface area contributed by atoms with Gasteiger partial charge in [-0.3, -0.25) is 9.10 Å². The molecular weight excluding hydrogens is 433 g/mol. The molecule has 0 heterocycles. The summed E-state index contributed by atoms with van der Waals surface area (Å²) in [5, 5.41) is 4.41. The van der Waals surface area contributed by atoms with Crippen molar-refractivity contribution in [3.05, 3.63) is 58.6 Å². The highest BCUT2D eigenvalue weighted by Crippen LogP contribution is 2.35. The van der Waals surface area contributed by atoms with Crippen molar-refractivity contribution in [2.45, 2.75) is 37.0 Å². The Bertz CT molecular complexity index is 1000. The minimum absolute atomic E-state index is 0.0439. The van der Waals surface area contributed by atoms with Crippen molar-refractivity contribution >= 4 is 50.5 Å². The molecule has 0 saturated heterocycles. The van der Waals surface area contributed by atoms with Gasteiger partial charge in [-0.1, -0.05) is 53.9 Å². The lowest BCUT2D eigenvalue weighted by Gasteiger charge is -2.25. The number of sulfonamides is 1. The van der Waals surface area contributed by atoms with E-state index in [1.165, 1.54) is 18.2 Å². The number of amides is 1. The van der Waals surface area contributed by atoms with Gasteiger partial charge in [0, 0.05) is 5.71 Å². The van der Waals surface area contributed by atoms with E-state index in [0.717, 1.165) is 42.1 Å². The van der Waals surface area contributed by atoms with Gasteiger partial charge in [0.15, 0.2) is 0 Å². The third-order valence-corrected chi connectivity index (χ3v) is 7.17. The molecule has 0 unspecified atom stereocenters. The number of anilines is 1. The number of benzene rings is 2. The summed E-state index contributed by atoms with van der Waals surface area (Å²) in [6.07, 6.45) is 4.92. The summed E-state index contributed by atoms with van der Waals surface area (Å²) in [7, 11) is -4.05. The minimum atomic E-state index is -4.05. The smallest absolute Gasteiger partial charge is 0.264 e. The number of hydrazone groups is 1. The monoisotopic (exact) mass is 453 g/mol. The van der Waals surface area contributed by atoms with Crippen LogP contribution in [0.15, 0.2) is 58.5 Å². The molecule has 1 amide bonds. The topological polar surface area (TPSA) is 78.8 Å². The molecule has 0 radical (unpaired) electrons. The molecular formula is C20H21Cl2N3O3S. The standard InChI is InChI=1S/C20H21Cl2N3O3S/c21-17-12-7-13-18(20(17)22)25(29(27,28)16-10-5-2-6-11-16)14-19(26)24-23-15-8-3-1-4-9-15/h2,5-7,10-13H,1,3-4,8-9,14H2,(H,24,26). The summed E-state index contributed by atoms with van der Waals surface area (Å²) in [5.41, 5.74) is 3.52. The highest BCUT2D eigenvalue weighted by molar-refractivity contribution is 7.92. The van der Waals surface area contributed by atoms with Gasteiger partial charge in [0.25, 0.3) is 15.9 Å². The normalized spacial score (nSPS) is 14.3. The van der Waals surface area contributed by atoms with Crippen LogP contribution < -0.4 is 9.73 Å². The Morgan fingerprint density at radius 1 is 1.00 bits per heavy atom. The lowest BCUT2D eigenvalue weighted by atomic mass is 9.99. The summed E-state index contributed by atoms with van der Waals surface area (Å²) >= 11 is 12.3. The molecule has 1 saturated carbocycles. The maximum absolute atomic E-state index is 13.2. The summed E-state index contributed by atoms with van der Waals surface area (Å²) in [4.78, 5) is 12.6. The Morgan fingerprint density at radius 3 is 2.38 bits per heavy atom. The molecule has 2 aromatic rings. The van der Waals surface area contributed by atoms with Crippen molar-refractivity contribution in [2.75, 3.05) is 10.8 Å². The summed E-state index contributed by atoms with van der Waals surface area (Å²) in [6.45, 7) is -0.478. The molecule has 0 bridgehead atoms. The van der Waals surface area contributed by atoms with Crippen molar-refractivity contribution in [3.8, 4) is 0 Å². The third kappa shape index (κ3) is 5.29. The van der Waals surface area contributed by atoms with Gasteiger partial charge in [-0.25, -0.2) is 13.8 Å². The predicted molar refractivity (Wildman–Crippen MR) is 116 cm³/mol. The van der Waals surface area contributed by atoms with Crippen molar-refractivity contribution in [3.63, 3.8) is 0 Å². The van der Waals surface area contributed by atoms with E-state index in [0.29, 0.717) is 0 Å². The molecule has 0 atom stereocenters. The molecule has 0 aromatic heterocycles. The van der Waals surface area contributed by atoms with E-state index in [-0.39, 0.29) is 20.6 Å². The Kier molecular flexibility index (Phi) is 7.16. The van der Waals surface area contributed by atoms with Crippen LogP contribution in [-0.4, -0.2) is 26.6 Å². The molecule has 1 N–H and O–H groups in total. The van der Waals surface area contributed by atoms with Crippen LogP contribution in [0, 0.1) is 0 Å². The van der Waals surface area contributed by atoms with Gasteiger partial charge in [0.1, 0.15) is 6.54 Å². The summed E-state index contributed by atoms with van der Waals surface area (Å²) in [6, 6.07) is 12.5. The third-order valence-electron chi connectivity index (χ3n) is 4.59. The van der Waals surface area contributed by atoms with Crippen LogP contribution in [0.4, 0.5) is 5.69 Å². The zero-order chi connectivity index (χ0) is 20.9. The first-order chi connectivity index (χ1) is 13.9. The minimum Gasteiger partial charge on any atom is -0.271 e. The highest BCUT2D eigenvalue weighted by Gasteiger charge is 2.29. The number of nitrogens with zero attached hydrogens (tertiary/aromatic N) is 2. The van der Waals surface area contributed by atoms with E-state index in [1.54, 1.807) is 30.3 Å². The zero-order valence-corrected chi connectivity index (χ0v) is 18.0. The molecule has 1 aliphatic rings. The molecule has 154 valence electrons. The maximum atomic E-state index is 13.2. The number of halogens is 2. The quantitative estimate of drug-likeness (QED) is 0.647. The molecule has 1 aliphatic carbocycles.